The van der Waals surface area contributed by atoms with Crippen molar-refractivity contribution in [2.24, 2.45) is 10.7 Å². The van der Waals surface area contributed by atoms with Gasteiger partial charge in [0.15, 0.2) is 0 Å². The van der Waals surface area contributed by atoms with Crippen molar-refractivity contribution in [1.82, 2.24) is 5.43 Å². The maximum absolute atomic E-state index is 9.80. The maximum atomic E-state index is 9.80. The summed E-state index contributed by atoms with van der Waals surface area (Å²) in [5.74, 6) is 0.402. The number of hydrogen-bond acceptors (Lipinski definition) is 3. The third-order valence-corrected chi connectivity index (χ3v) is 0.792. The third kappa shape index (κ3) is 5.16. The zero-order chi connectivity index (χ0) is 7.98. The van der Waals surface area contributed by atoms with Gasteiger partial charge < -0.3 is 5.73 Å². The molecule has 0 aliphatic rings. The van der Waals surface area contributed by atoms with Gasteiger partial charge in [-0.3, -0.25) is 0 Å². The van der Waals surface area contributed by atoms with Crippen LogP contribution in [-0.2, 0) is 0 Å². The molecular weight excluding hydrogens is 156 g/mol. The fourth-order valence-electron chi connectivity index (χ4n) is 0.304. The quantitative estimate of drug-likeness (QED) is 0.185. The lowest BCUT2D eigenvalue weighted by atomic mass is 10.8. The number of hydrazine groups is 1. The molecule has 0 unspecified atom stereocenters. The van der Waals surface area contributed by atoms with Crippen molar-refractivity contribution < 1.29 is 10.2 Å². The van der Waals surface area contributed by atoms with Crippen molar-refractivity contribution >= 4 is 18.6 Å². The molecule has 0 aromatic heterocycles. The minimum atomic E-state index is -0.517. The molecule has 0 atom stereocenters. The van der Waals surface area contributed by atoms with E-state index in [4.69, 9.17) is 10.9 Å². The van der Waals surface area contributed by atoms with Crippen LogP contribution in [0.5, 0.6) is 0 Å². The lowest BCUT2D eigenvalue weighted by Crippen LogP contribution is -2.37. The Kier molecular flexibility index (Phi) is 4.38. The minimum Gasteiger partial charge on any atom is -0.365 e. The Morgan fingerprint density at radius 3 is 2.90 bits per heavy atom. The van der Waals surface area contributed by atoms with Crippen molar-refractivity contribution in [3.63, 3.8) is 0 Å². The van der Waals surface area contributed by atoms with Crippen LogP contribution < -0.4 is 11.2 Å². The second-order valence-electron chi connectivity index (χ2n) is 1.38. The zero-order valence-corrected chi connectivity index (χ0v) is 6.08. The van der Waals surface area contributed by atoms with Crippen LogP contribution in [-0.4, -0.2) is 28.5 Å². The number of nitrogens with two attached hydrogens (primary N) is 1. The van der Waals surface area contributed by atoms with Crippen LogP contribution >= 0.6 is 12.6 Å². The summed E-state index contributed by atoms with van der Waals surface area (Å²) >= 11 is 3.84. The molecule has 0 rings (SSSR count). The summed E-state index contributed by atoms with van der Waals surface area (Å²) in [4.78, 5) is 13.4. The highest BCUT2D eigenvalue weighted by Crippen LogP contribution is 1.73. The van der Waals surface area contributed by atoms with Gasteiger partial charge in [0, 0.05) is 5.75 Å². The van der Waals surface area contributed by atoms with Gasteiger partial charge in [-0.2, -0.15) is 12.6 Å². The highest BCUT2D eigenvalue weighted by atomic mass is 32.1. The van der Waals surface area contributed by atoms with Crippen LogP contribution in [0.15, 0.2) is 4.99 Å². The van der Waals surface area contributed by atoms with Crippen LogP contribution in [0.1, 0.15) is 0 Å². The molecule has 0 bridgehead atoms. The van der Waals surface area contributed by atoms with Crippen molar-refractivity contribution in [2.45, 2.75) is 0 Å². The van der Waals surface area contributed by atoms with Gasteiger partial charge in [0.05, 0.1) is 6.54 Å². The first kappa shape index (κ1) is 9.02. The van der Waals surface area contributed by atoms with Crippen molar-refractivity contribution in [3.05, 3.63) is 4.91 Å². The maximum Gasteiger partial charge on any atom is 0.362 e. The molecule has 0 amide bonds. The third-order valence-electron chi connectivity index (χ3n) is 0.592. The molecule has 0 radical (unpaired) electrons. The molecule has 0 saturated heterocycles. The molecule has 0 aromatic carbocycles. The molecule has 0 spiro atoms. The van der Waals surface area contributed by atoms with Crippen LogP contribution in [0.3, 0.4) is 0 Å². The zero-order valence-electron chi connectivity index (χ0n) is 5.19. The number of rotatable bonds is 3. The summed E-state index contributed by atoms with van der Waals surface area (Å²) in [5, 5.41) is 7.49. The highest BCUT2D eigenvalue weighted by Gasteiger charge is 2.02. The van der Waals surface area contributed by atoms with Crippen LogP contribution in [0, 0.1) is 4.91 Å². The molecule has 0 aliphatic carbocycles. The monoisotopic (exact) mass is 165 g/mol. The topological polar surface area (TPSA) is 90.7 Å². The van der Waals surface area contributed by atoms with Gasteiger partial charge in [-0.1, -0.05) is 0 Å². The molecule has 0 saturated carbocycles. The Hall–Kier alpha value is -0.980. The minimum absolute atomic E-state index is 0.133. The van der Waals surface area contributed by atoms with Crippen molar-refractivity contribution in [2.75, 3.05) is 12.3 Å². The Morgan fingerprint density at radius 1 is 1.90 bits per heavy atom. The molecule has 0 heterocycles. The van der Waals surface area contributed by atoms with Gasteiger partial charge in [-0.05, 0) is 5.43 Å². The van der Waals surface area contributed by atoms with E-state index < -0.39 is 5.03 Å². The number of nitrogens with one attached hydrogen (secondary N) is 1. The Bertz CT molecular complexity index is 147. The number of guanidine groups is 1. The van der Waals surface area contributed by atoms with E-state index in [1.807, 2.05) is 0 Å². The van der Waals surface area contributed by atoms with E-state index in [1.165, 1.54) is 0 Å². The van der Waals surface area contributed by atoms with E-state index in [0.29, 0.717) is 12.3 Å². The lowest BCUT2D eigenvalue weighted by Gasteiger charge is -1.89. The smallest absolute Gasteiger partial charge is 0.362 e. The summed E-state index contributed by atoms with van der Waals surface area (Å²) in [6, 6.07) is 0. The van der Waals surface area contributed by atoms with Gasteiger partial charge in [-0.25, -0.2) is 10.2 Å². The molecule has 58 valence electrons. The summed E-state index contributed by atoms with van der Waals surface area (Å²) in [6.45, 7) is 0.399. The fourth-order valence-corrected chi connectivity index (χ4v) is 0.404. The molecule has 10 heavy (non-hydrogen) atoms. The molecule has 0 fully saturated rings. The number of nitrogens with zero attached hydrogens (tertiary/aromatic N) is 2. The predicted octanol–water partition coefficient (Wildman–Crippen LogP) is -1.10. The normalized spacial score (nSPS) is 11.1. The predicted molar refractivity (Wildman–Crippen MR) is 38.9 cm³/mol. The second kappa shape index (κ2) is 4.86. The first-order valence-electron chi connectivity index (χ1n) is 2.50. The first-order valence-corrected chi connectivity index (χ1v) is 3.13. The van der Waals surface area contributed by atoms with Gasteiger partial charge in [0.25, 0.3) is 5.96 Å². The van der Waals surface area contributed by atoms with E-state index in [1.54, 1.807) is 5.43 Å². The highest BCUT2D eigenvalue weighted by molar-refractivity contribution is 7.80. The SMILES string of the molecule is NC(=NCCS)N[N+](=O)O. The van der Waals surface area contributed by atoms with E-state index in [9.17, 15) is 4.91 Å². The van der Waals surface area contributed by atoms with E-state index in [-0.39, 0.29) is 5.96 Å². The first-order chi connectivity index (χ1) is 4.66. The van der Waals surface area contributed by atoms with E-state index in [2.05, 4.69) is 17.6 Å². The summed E-state index contributed by atoms with van der Waals surface area (Å²) in [7, 11) is 0. The number of aliphatic imine (C=N–C) groups is 1. The van der Waals surface area contributed by atoms with Crippen molar-refractivity contribution in [3.8, 4) is 0 Å². The van der Waals surface area contributed by atoms with Gasteiger partial charge >= 0.3 is 5.03 Å². The standard InChI is InChI=1S/C3H8N4O2S/c4-3(5-1-2-10)6-7(8)9/h1-2H2,(H4-,4,5,6,8,9,10)/p+1. The van der Waals surface area contributed by atoms with E-state index in [0.717, 1.165) is 0 Å². The molecule has 4 N–H and O–H groups in total. The van der Waals surface area contributed by atoms with Gasteiger partial charge in [-0.15, -0.1) is 0 Å². The Balaban J connectivity index is 3.59. The average molecular weight is 165 g/mol. The fraction of sp³-hybridized carbons (Fsp3) is 0.667. The van der Waals surface area contributed by atoms with Crippen LogP contribution in [0.4, 0.5) is 0 Å². The summed E-state index contributed by atoms with van der Waals surface area (Å²) < 4.78 is 0. The molecule has 0 aliphatic heterocycles. The molecule has 7 heteroatoms. The van der Waals surface area contributed by atoms with Gasteiger partial charge in [0.2, 0.25) is 0 Å². The van der Waals surface area contributed by atoms with Gasteiger partial charge in [0.1, 0.15) is 4.91 Å². The summed E-state index contributed by atoms with van der Waals surface area (Å²) in [6.07, 6.45) is 0. The molecule has 0 aromatic rings. The lowest BCUT2D eigenvalue weighted by molar-refractivity contribution is -0.822. The van der Waals surface area contributed by atoms with Crippen molar-refractivity contribution in [1.29, 1.82) is 0 Å². The largest absolute Gasteiger partial charge is 0.365 e. The van der Waals surface area contributed by atoms with E-state index >= 15 is 0 Å². The summed E-state index contributed by atoms with van der Waals surface area (Å²) in [5.41, 5.74) is 6.87. The Labute approximate surface area is 63.0 Å². The number of hydrogen-bond donors (Lipinski definition) is 4. The molecule has 6 nitrogen and oxygen atoms in total. The average Bonchev–Trinajstić information content (AvgIpc) is 1.82. The second-order valence-corrected chi connectivity index (χ2v) is 1.82. The number of thiol groups is 1. The van der Waals surface area contributed by atoms with Crippen LogP contribution in [0.25, 0.3) is 0 Å². The van der Waals surface area contributed by atoms with Crippen LogP contribution in [0.2, 0.25) is 0 Å². The Morgan fingerprint density at radius 2 is 2.50 bits per heavy atom. The molecular formula is C3H9N4O2S+.